The van der Waals surface area contributed by atoms with E-state index in [2.05, 4.69) is 4.74 Å². The summed E-state index contributed by atoms with van der Waals surface area (Å²) >= 11 is 0. The summed E-state index contributed by atoms with van der Waals surface area (Å²) in [6.07, 6.45) is 4.61. The van der Waals surface area contributed by atoms with Gasteiger partial charge >= 0.3 is 5.97 Å². The number of methoxy groups -OCH3 is 1. The summed E-state index contributed by atoms with van der Waals surface area (Å²) < 4.78 is 10.3. The molecular formula is C13H16O4. The van der Waals surface area contributed by atoms with Gasteiger partial charge in [0.05, 0.1) is 18.8 Å². The molecule has 17 heavy (non-hydrogen) atoms. The number of hydrogen-bond acceptors (Lipinski definition) is 4. The molecule has 0 aromatic heterocycles. The Morgan fingerprint density at radius 2 is 2.00 bits per heavy atom. The van der Waals surface area contributed by atoms with E-state index in [0.717, 1.165) is 12.8 Å². The van der Waals surface area contributed by atoms with E-state index in [1.54, 1.807) is 6.07 Å². The second-order valence-corrected chi connectivity index (χ2v) is 4.23. The number of phenolic OH excluding ortho intramolecular Hbond substituents is 1. The summed E-state index contributed by atoms with van der Waals surface area (Å²) in [5.74, 6) is 0.0652. The maximum atomic E-state index is 11.4. The van der Waals surface area contributed by atoms with Gasteiger partial charge in [0.1, 0.15) is 11.5 Å². The molecule has 1 N–H and O–H groups in total. The van der Waals surface area contributed by atoms with Crippen LogP contribution in [-0.4, -0.2) is 24.3 Å². The average Bonchev–Trinajstić information content (AvgIpc) is 2.80. The highest BCUT2D eigenvalue weighted by Crippen LogP contribution is 2.27. The van der Waals surface area contributed by atoms with Gasteiger partial charge in [-0.3, -0.25) is 0 Å². The molecule has 0 spiro atoms. The van der Waals surface area contributed by atoms with Crippen LogP contribution in [0.3, 0.4) is 0 Å². The predicted octanol–water partition coefficient (Wildman–Crippen LogP) is 2.50. The normalized spacial score (nSPS) is 15.8. The van der Waals surface area contributed by atoms with Crippen LogP contribution in [0.4, 0.5) is 0 Å². The highest BCUT2D eigenvalue weighted by atomic mass is 16.5. The molecule has 0 bridgehead atoms. The molecule has 4 heteroatoms. The molecule has 92 valence electrons. The Labute approximate surface area is 100 Å². The Morgan fingerprint density at radius 1 is 1.29 bits per heavy atom. The average molecular weight is 236 g/mol. The number of carbonyl (C=O) groups excluding carboxylic acids is 1. The Hall–Kier alpha value is -1.71. The second-order valence-electron chi connectivity index (χ2n) is 4.23. The minimum absolute atomic E-state index is 0.0147. The van der Waals surface area contributed by atoms with Crippen LogP contribution in [0.1, 0.15) is 36.0 Å². The Morgan fingerprint density at radius 3 is 2.65 bits per heavy atom. The summed E-state index contributed by atoms with van der Waals surface area (Å²) in [5.41, 5.74) is 0.306. The van der Waals surface area contributed by atoms with Gasteiger partial charge in [-0.2, -0.15) is 0 Å². The van der Waals surface area contributed by atoms with Crippen molar-refractivity contribution in [3.63, 3.8) is 0 Å². The molecule has 0 heterocycles. The number of aromatic hydroxyl groups is 1. The number of benzene rings is 1. The molecule has 4 nitrogen and oxygen atoms in total. The Kier molecular flexibility index (Phi) is 3.52. The highest BCUT2D eigenvalue weighted by Gasteiger charge is 2.17. The molecule has 1 aliphatic carbocycles. The molecule has 1 fully saturated rings. The third kappa shape index (κ3) is 2.90. The zero-order chi connectivity index (χ0) is 12.3. The maximum Gasteiger partial charge on any atom is 0.338 e. The number of hydrogen-bond donors (Lipinski definition) is 1. The van der Waals surface area contributed by atoms with Gasteiger partial charge in [0, 0.05) is 6.07 Å². The Balaban J connectivity index is 2.15. The molecule has 1 saturated carbocycles. The van der Waals surface area contributed by atoms with Gasteiger partial charge in [0.15, 0.2) is 0 Å². The van der Waals surface area contributed by atoms with E-state index in [-0.39, 0.29) is 11.9 Å². The summed E-state index contributed by atoms with van der Waals surface area (Å²) in [5, 5.41) is 9.52. The zero-order valence-electron chi connectivity index (χ0n) is 9.81. The van der Waals surface area contributed by atoms with Crippen molar-refractivity contribution >= 4 is 5.97 Å². The van der Waals surface area contributed by atoms with Crippen molar-refractivity contribution in [3.05, 3.63) is 23.8 Å². The first-order valence-corrected chi connectivity index (χ1v) is 5.78. The van der Waals surface area contributed by atoms with E-state index in [4.69, 9.17) is 4.74 Å². The van der Waals surface area contributed by atoms with Crippen LogP contribution in [0.5, 0.6) is 11.5 Å². The molecule has 2 rings (SSSR count). The summed E-state index contributed by atoms with van der Waals surface area (Å²) in [7, 11) is 1.31. The van der Waals surface area contributed by atoms with Crippen LogP contribution in [-0.2, 0) is 4.74 Å². The van der Waals surface area contributed by atoms with E-state index < -0.39 is 5.97 Å². The largest absolute Gasteiger partial charge is 0.508 e. The van der Waals surface area contributed by atoms with Crippen LogP contribution in [0.15, 0.2) is 18.2 Å². The molecule has 0 aliphatic heterocycles. The summed E-state index contributed by atoms with van der Waals surface area (Å²) in [6, 6.07) is 4.49. The standard InChI is InChI=1S/C13H16O4/c1-16-13(15)9-6-10(14)8-12(7-9)17-11-4-2-3-5-11/h6-8,11,14H,2-5H2,1H3. The van der Waals surface area contributed by atoms with Gasteiger partial charge in [-0.25, -0.2) is 4.79 Å². The maximum absolute atomic E-state index is 11.4. The summed E-state index contributed by atoms with van der Waals surface area (Å²) in [6.45, 7) is 0. The zero-order valence-corrected chi connectivity index (χ0v) is 9.81. The van der Waals surface area contributed by atoms with E-state index in [1.165, 1.54) is 32.1 Å². The third-order valence-corrected chi connectivity index (χ3v) is 2.92. The van der Waals surface area contributed by atoms with Gasteiger partial charge in [0.2, 0.25) is 0 Å². The van der Waals surface area contributed by atoms with E-state index >= 15 is 0 Å². The first-order chi connectivity index (χ1) is 8.19. The fourth-order valence-corrected chi connectivity index (χ4v) is 2.09. The topological polar surface area (TPSA) is 55.8 Å². The van der Waals surface area contributed by atoms with E-state index in [1.807, 2.05) is 0 Å². The van der Waals surface area contributed by atoms with Crippen LogP contribution in [0, 0.1) is 0 Å². The van der Waals surface area contributed by atoms with Gasteiger partial charge in [-0.15, -0.1) is 0 Å². The number of phenols is 1. The van der Waals surface area contributed by atoms with Crippen LogP contribution >= 0.6 is 0 Å². The van der Waals surface area contributed by atoms with Gasteiger partial charge in [0.25, 0.3) is 0 Å². The summed E-state index contributed by atoms with van der Waals surface area (Å²) in [4.78, 5) is 11.4. The highest BCUT2D eigenvalue weighted by molar-refractivity contribution is 5.90. The first kappa shape index (κ1) is 11.8. The van der Waals surface area contributed by atoms with Gasteiger partial charge in [-0.1, -0.05) is 0 Å². The lowest BCUT2D eigenvalue weighted by molar-refractivity contribution is 0.0599. The third-order valence-electron chi connectivity index (χ3n) is 2.92. The van der Waals surface area contributed by atoms with Crippen molar-refractivity contribution in [1.82, 2.24) is 0 Å². The van der Waals surface area contributed by atoms with Gasteiger partial charge in [-0.05, 0) is 37.8 Å². The molecule has 1 aromatic carbocycles. The molecule has 1 aromatic rings. The molecule has 1 aliphatic rings. The molecule has 0 amide bonds. The molecule has 0 saturated heterocycles. The van der Waals surface area contributed by atoms with Crippen LogP contribution in [0.2, 0.25) is 0 Å². The number of ether oxygens (including phenoxy) is 2. The number of esters is 1. The van der Waals surface area contributed by atoms with Crippen LogP contribution in [0.25, 0.3) is 0 Å². The monoisotopic (exact) mass is 236 g/mol. The quantitative estimate of drug-likeness (QED) is 0.819. The fraction of sp³-hybridized carbons (Fsp3) is 0.462. The minimum atomic E-state index is -0.475. The fourth-order valence-electron chi connectivity index (χ4n) is 2.09. The van der Waals surface area contributed by atoms with E-state index in [0.29, 0.717) is 11.3 Å². The predicted molar refractivity (Wildman–Crippen MR) is 62.3 cm³/mol. The smallest absolute Gasteiger partial charge is 0.338 e. The minimum Gasteiger partial charge on any atom is -0.508 e. The first-order valence-electron chi connectivity index (χ1n) is 5.78. The lowest BCUT2D eigenvalue weighted by Crippen LogP contribution is -2.11. The SMILES string of the molecule is COC(=O)c1cc(O)cc(OC2CCCC2)c1. The lowest BCUT2D eigenvalue weighted by atomic mass is 10.2. The molecular weight excluding hydrogens is 220 g/mol. The van der Waals surface area contributed by atoms with Crippen molar-refractivity contribution in [1.29, 1.82) is 0 Å². The van der Waals surface area contributed by atoms with Crippen molar-refractivity contribution in [3.8, 4) is 11.5 Å². The Bertz CT molecular complexity index is 408. The lowest BCUT2D eigenvalue weighted by Gasteiger charge is -2.13. The van der Waals surface area contributed by atoms with Crippen LogP contribution < -0.4 is 4.74 Å². The number of rotatable bonds is 3. The second kappa shape index (κ2) is 5.08. The van der Waals surface area contributed by atoms with Crippen molar-refractivity contribution < 1.29 is 19.4 Å². The van der Waals surface area contributed by atoms with E-state index in [9.17, 15) is 9.90 Å². The van der Waals surface area contributed by atoms with Crippen molar-refractivity contribution in [2.24, 2.45) is 0 Å². The molecule has 0 atom stereocenters. The van der Waals surface area contributed by atoms with Crippen molar-refractivity contribution in [2.75, 3.05) is 7.11 Å². The van der Waals surface area contributed by atoms with Gasteiger partial charge < -0.3 is 14.6 Å². The molecule has 0 radical (unpaired) electrons. The number of carbonyl (C=O) groups is 1. The molecule has 0 unspecified atom stereocenters. The van der Waals surface area contributed by atoms with Crippen molar-refractivity contribution in [2.45, 2.75) is 31.8 Å².